The van der Waals surface area contributed by atoms with Gasteiger partial charge in [-0.2, -0.15) is 0 Å². The molecule has 1 aromatic rings. The molecule has 0 saturated carbocycles. The number of aromatic hydroxyl groups is 1. The minimum absolute atomic E-state index is 0.0180. The molecular formula is C12H11NO5. The van der Waals surface area contributed by atoms with E-state index in [0.29, 0.717) is 6.29 Å². The van der Waals surface area contributed by atoms with Crippen molar-refractivity contribution >= 4 is 18.0 Å². The smallest absolute Gasteiger partial charge is 0.312 e. The summed E-state index contributed by atoms with van der Waals surface area (Å²) in [7, 11) is 0. The predicted molar refractivity (Wildman–Crippen MR) is 63.9 cm³/mol. The van der Waals surface area contributed by atoms with Crippen molar-refractivity contribution in [2.24, 2.45) is 0 Å². The summed E-state index contributed by atoms with van der Waals surface area (Å²) < 4.78 is 5.49. The lowest BCUT2D eigenvalue weighted by atomic mass is 9.99. The van der Waals surface area contributed by atoms with E-state index in [-0.39, 0.29) is 28.3 Å². The van der Waals surface area contributed by atoms with Gasteiger partial charge in [0.05, 0.1) is 16.1 Å². The summed E-state index contributed by atoms with van der Waals surface area (Å²) in [5.41, 5.74) is -1.01. The number of phenolic OH excluding ortho intramolecular Hbond substituents is 1. The second kappa shape index (κ2) is 3.83. The van der Waals surface area contributed by atoms with Crippen LogP contribution >= 0.6 is 0 Å². The fourth-order valence-electron chi connectivity index (χ4n) is 1.75. The second-order valence-electron chi connectivity index (χ2n) is 4.49. The first-order valence-corrected chi connectivity index (χ1v) is 5.23. The SMILES string of the molecule is CC1(C)C=Cc2c(O)c(C=O)cc([N+](=O)[O-])c2O1. The largest absolute Gasteiger partial charge is 0.506 e. The van der Waals surface area contributed by atoms with E-state index in [4.69, 9.17) is 4.74 Å². The zero-order chi connectivity index (χ0) is 13.5. The third-order valence-electron chi connectivity index (χ3n) is 2.64. The molecule has 1 heterocycles. The molecule has 0 aliphatic carbocycles. The van der Waals surface area contributed by atoms with Crippen LogP contribution in [0, 0.1) is 10.1 Å². The molecule has 18 heavy (non-hydrogen) atoms. The molecule has 0 saturated heterocycles. The van der Waals surface area contributed by atoms with Crippen molar-refractivity contribution in [3.63, 3.8) is 0 Å². The van der Waals surface area contributed by atoms with E-state index in [0.717, 1.165) is 6.07 Å². The first-order valence-electron chi connectivity index (χ1n) is 5.23. The quantitative estimate of drug-likeness (QED) is 0.493. The van der Waals surface area contributed by atoms with Gasteiger partial charge in [0, 0.05) is 6.07 Å². The number of aldehydes is 1. The Hall–Kier alpha value is -2.37. The number of hydrogen-bond acceptors (Lipinski definition) is 5. The van der Waals surface area contributed by atoms with Crippen LogP contribution in [0.1, 0.15) is 29.8 Å². The van der Waals surface area contributed by atoms with Crippen LogP contribution in [-0.4, -0.2) is 21.9 Å². The number of nitrogens with zero attached hydrogens (tertiary/aromatic N) is 1. The van der Waals surface area contributed by atoms with Gasteiger partial charge in [-0.1, -0.05) is 0 Å². The number of phenols is 1. The fraction of sp³-hybridized carbons (Fsp3) is 0.250. The summed E-state index contributed by atoms with van der Waals surface area (Å²) in [6.07, 6.45) is 3.55. The average molecular weight is 249 g/mol. The summed E-state index contributed by atoms with van der Waals surface area (Å²) in [5, 5.41) is 20.8. The Morgan fingerprint density at radius 3 is 2.72 bits per heavy atom. The average Bonchev–Trinajstić information content (AvgIpc) is 2.27. The van der Waals surface area contributed by atoms with Gasteiger partial charge in [0.1, 0.15) is 11.4 Å². The molecule has 2 rings (SSSR count). The maximum atomic E-state index is 11.0. The highest BCUT2D eigenvalue weighted by Crippen LogP contribution is 2.44. The van der Waals surface area contributed by atoms with Crippen molar-refractivity contribution in [3.8, 4) is 11.5 Å². The maximum Gasteiger partial charge on any atom is 0.312 e. The van der Waals surface area contributed by atoms with Crippen LogP contribution in [0.4, 0.5) is 5.69 Å². The molecule has 0 spiro atoms. The number of fused-ring (bicyclic) bond motifs is 1. The summed E-state index contributed by atoms with van der Waals surface area (Å²) in [6, 6.07) is 1.01. The van der Waals surface area contributed by atoms with E-state index < -0.39 is 10.5 Å². The van der Waals surface area contributed by atoms with Crippen molar-refractivity contribution in [1.82, 2.24) is 0 Å². The molecule has 1 aromatic carbocycles. The number of carbonyl (C=O) groups excluding carboxylic acids is 1. The van der Waals surface area contributed by atoms with Crippen LogP contribution in [0.15, 0.2) is 12.1 Å². The molecule has 0 amide bonds. The molecule has 0 unspecified atom stereocenters. The lowest BCUT2D eigenvalue weighted by Gasteiger charge is -2.27. The predicted octanol–water partition coefficient (Wildman–Crippen LogP) is 2.30. The van der Waals surface area contributed by atoms with E-state index in [2.05, 4.69) is 0 Å². The number of rotatable bonds is 2. The highest BCUT2D eigenvalue weighted by atomic mass is 16.6. The summed E-state index contributed by atoms with van der Waals surface area (Å²) in [5.74, 6) is -0.326. The minimum atomic E-state index is -0.701. The van der Waals surface area contributed by atoms with Crippen molar-refractivity contribution in [1.29, 1.82) is 0 Å². The summed E-state index contributed by atoms with van der Waals surface area (Å²) in [4.78, 5) is 21.1. The molecule has 1 aliphatic rings. The molecular weight excluding hydrogens is 238 g/mol. The first-order chi connectivity index (χ1) is 8.35. The Labute approximate surface area is 103 Å². The first kappa shape index (κ1) is 12.1. The van der Waals surface area contributed by atoms with Crippen LogP contribution < -0.4 is 4.74 Å². The Morgan fingerprint density at radius 2 is 2.17 bits per heavy atom. The van der Waals surface area contributed by atoms with Gasteiger partial charge in [-0.3, -0.25) is 14.9 Å². The molecule has 1 aliphatic heterocycles. The van der Waals surface area contributed by atoms with Crippen LogP contribution in [0.5, 0.6) is 11.5 Å². The fourth-order valence-corrected chi connectivity index (χ4v) is 1.75. The van der Waals surface area contributed by atoms with Crippen LogP contribution in [0.3, 0.4) is 0 Å². The molecule has 6 nitrogen and oxygen atoms in total. The normalized spacial score (nSPS) is 15.7. The Bertz CT molecular complexity index is 574. The van der Waals surface area contributed by atoms with Gasteiger partial charge in [0.2, 0.25) is 5.75 Å². The van der Waals surface area contributed by atoms with E-state index >= 15 is 0 Å². The molecule has 0 bridgehead atoms. The van der Waals surface area contributed by atoms with Crippen molar-refractivity contribution in [2.75, 3.05) is 0 Å². The maximum absolute atomic E-state index is 11.0. The second-order valence-corrected chi connectivity index (χ2v) is 4.49. The van der Waals surface area contributed by atoms with E-state index in [1.807, 2.05) is 0 Å². The van der Waals surface area contributed by atoms with Crippen molar-refractivity contribution in [3.05, 3.63) is 33.4 Å². The lowest BCUT2D eigenvalue weighted by molar-refractivity contribution is -0.386. The number of carbonyl (C=O) groups is 1. The van der Waals surface area contributed by atoms with Crippen LogP contribution in [0.2, 0.25) is 0 Å². The third kappa shape index (κ3) is 1.81. The Morgan fingerprint density at radius 1 is 1.50 bits per heavy atom. The number of nitro benzene ring substituents is 1. The topological polar surface area (TPSA) is 89.7 Å². The number of benzene rings is 1. The molecule has 6 heteroatoms. The lowest BCUT2D eigenvalue weighted by Crippen LogP contribution is -2.28. The van der Waals surface area contributed by atoms with Gasteiger partial charge < -0.3 is 9.84 Å². The highest BCUT2D eigenvalue weighted by molar-refractivity contribution is 5.87. The van der Waals surface area contributed by atoms with Gasteiger partial charge in [0.25, 0.3) is 0 Å². The molecule has 0 fully saturated rings. The molecule has 1 N–H and O–H groups in total. The van der Waals surface area contributed by atoms with Crippen molar-refractivity contribution < 1.29 is 19.6 Å². The molecule has 94 valence electrons. The van der Waals surface area contributed by atoms with Crippen LogP contribution in [0.25, 0.3) is 6.08 Å². The zero-order valence-corrected chi connectivity index (χ0v) is 9.84. The van der Waals surface area contributed by atoms with Gasteiger partial charge in [-0.15, -0.1) is 0 Å². The van der Waals surface area contributed by atoms with E-state index in [9.17, 15) is 20.0 Å². The standard InChI is InChI=1S/C12H11NO5/c1-12(2)4-3-8-10(15)7(6-14)5-9(13(16)17)11(8)18-12/h3-6,15H,1-2H3. The highest BCUT2D eigenvalue weighted by Gasteiger charge is 2.32. The molecule has 0 radical (unpaired) electrons. The summed E-state index contributed by atoms with van der Waals surface area (Å²) >= 11 is 0. The Kier molecular flexibility index (Phi) is 2.58. The monoisotopic (exact) mass is 249 g/mol. The third-order valence-corrected chi connectivity index (χ3v) is 2.64. The van der Waals surface area contributed by atoms with Gasteiger partial charge in [0.15, 0.2) is 6.29 Å². The Balaban J connectivity index is 2.76. The van der Waals surface area contributed by atoms with Gasteiger partial charge in [-0.25, -0.2) is 0 Å². The molecule has 0 aromatic heterocycles. The minimum Gasteiger partial charge on any atom is -0.506 e. The number of hydrogen-bond donors (Lipinski definition) is 1. The summed E-state index contributed by atoms with van der Waals surface area (Å²) in [6.45, 7) is 3.47. The molecule has 0 atom stereocenters. The number of nitro groups is 1. The van der Waals surface area contributed by atoms with Crippen molar-refractivity contribution in [2.45, 2.75) is 19.4 Å². The van der Waals surface area contributed by atoms with E-state index in [1.165, 1.54) is 6.08 Å². The van der Waals surface area contributed by atoms with E-state index in [1.54, 1.807) is 19.9 Å². The zero-order valence-electron chi connectivity index (χ0n) is 9.84. The van der Waals surface area contributed by atoms with Gasteiger partial charge in [-0.05, 0) is 26.0 Å². The number of ether oxygens (including phenoxy) is 1. The van der Waals surface area contributed by atoms with Crippen LogP contribution in [-0.2, 0) is 0 Å². The van der Waals surface area contributed by atoms with Gasteiger partial charge >= 0.3 is 5.69 Å².